The van der Waals surface area contributed by atoms with Gasteiger partial charge in [-0.05, 0) is 17.1 Å². The molecule has 0 atom stereocenters. The fourth-order valence-electron chi connectivity index (χ4n) is 1.06. The van der Waals surface area contributed by atoms with Crippen molar-refractivity contribution in [3.05, 3.63) is 39.9 Å². The average molecular weight is 221 g/mol. The van der Waals surface area contributed by atoms with Gasteiger partial charge in [0.25, 0.3) is 0 Å². The minimum Gasteiger partial charge on any atom is -0.442 e. The molecule has 0 N–H and O–H groups in total. The van der Waals surface area contributed by atoms with Crippen LogP contribution in [0.2, 0.25) is 0 Å². The quantitative estimate of drug-likeness (QED) is 0.581. The zero-order valence-electron chi connectivity index (χ0n) is 8.28. The first kappa shape index (κ1) is 10.1. The van der Waals surface area contributed by atoms with Crippen molar-refractivity contribution in [1.29, 1.82) is 0 Å². The van der Waals surface area contributed by atoms with Crippen LogP contribution in [0.15, 0.2) is 21.2 Å². The molecule has 82 valence electrons. The molecule has 7 heteroatoms. The van der Waals surface area contributed by atoms with Crippen molar-refractivity contribution in [2.24, 2.45) is 0 Å². The first-order valence-corrected chi connectivity index (χ1v) is 4.36. The number of hydrogen-bond donors (Lipinski definition) is 0. The van der Waals surface area contributed by atoms with Crippen molar-refractivity contribution < 1.29 is 13.8 Å². The van der Waals surface area contributed by atoms with Gasteiger partial charge in [0.1, 0.15) is 5.76 Å². The molecule has 0 radical (unpaired) electrons. The van der Waals surface area contributed by atoms with E-state index >= 15 is 0 Å². The fourth-order valence-corrected chi connectivity index (χ4v) is 1.06. The van der Waals surface area contributed by atoms with Gasteiger partial charge in [0.05, 0.1) is 6.20 Å². The van der Waals surface area contributed by atoms with E-state index in [0.717, 1.165) is 0 Å². The zero-order chi connectivity index (χ0) is 11.5. The van der Waals surface area contributed by atoms with Crippen LogP contribution in [-0.2, 0) is 0 Å². The lowest BCUT2D eigenvalue weighted by Gasteiger charge is -1.83. The SMILES string of the molecule is Cc1ncc(C=Cc2cnc([N+](=O)[O-])o2)o1. The Kier molecular flexibility index (Phi) is 2.50. The molecule has 0 saturated carbocycles. The highest BCUT2D eigenvalue weighted by Gasteiger charge is 2.13. The summed E-state index contributed by atoms with van der Waals surface area (Å²) in [7, 11) is 0. The number of oxazole rings is 2. The Bertz CT molecular complexity index is 540. The Labute approximate surface area is 89.6 Å². The number of aromatic nitrogens is 2. The molecule has 2 aromatic heterocycles. The fraction of sp³-hybridized carbons (Fsp3) is 0.111. The van der Waals surface area contributed by atoms with E-state index in [4.69, 9.17) is 8.83 Å². The van der Waals surface area contributed by atoms with E-state index < -0.39 is 10.9 Å². The smallest absolute Gasteiger partial charge is 0.442 e. The van der Waals surface area contributed by atoms with Crippen LogP contribution >= 0.6 is 0 Å². The summed E-state index contributed by atoms with van der Waals surface area (Å²) in [6, 6.07) is -0.534. The standard InChI is InChI=1S/C9H7N3O4/c1-6-10-4-7(15-6)2-3-8-5-11-9(16-8)12(13)14/h2-5H,1H3. The van der Waals surface area contributed by atoms with Gasteiger partial charge in [-0.1, -0.05) is 0 Å². The molecule has 0 fully saturated rings. The number of nitrogens with zero attached hydrogens (tertiary/aromatic N) is 3. The molecular formula is C9H7N3O4. The van der Waals surface area contributed by atoms with E-state index in [1.807, 2.05) is 0 Å². The van der Waals surface area contributed by atoms with Crippen LogP contribution in [-0.4, -0.2) is 14.9 Å². The lowest BCUT2D eigenvalue weighted by molar-refractivity contribution is -0.407. The third-order valence-electron chi connectivity index (χ3n) is 1.72. The molecule has 0 spiro atoms. The van der Waals surface area contributed by atoms with Crippen LogP contribution in [0.5, 0.6) is 0 Å². The highest BCUT2D eigenvalue weighted by molar-refractivity contribution is 5.64. The highest BCUT2D eigenvalue weighted by Crippen LogP contribution is 2.14. The van der Waals surface area contributed by atoms with Crippen molar-refractivity contribution in [3.8, 4) is 0 Å². The van der Waals surface area contributed by atoms with Crippen LogP contribution in [0, 0.1) is 17.0 Å². The largest absolute Gasteiger partial charge is 0.546 e. The maximum absolute atomic E-state index is 10.3. The molecule has 0 bridgehead atoms. The van der Waals surface area contributed by atoms with E-state index in [9.17, 15) is 10.1 Å². The predicted octanol–water partition coefficient (Wildman–Crippen LogP) is 2.05. The molecule has 0 aliphatic heterocycles. The molecule has 0 aromatic carbocycles. The molecule has 0 amide bonds. The summed E-state index contributed by atoms with van der Waals surface area (Å²) in [5.41, 5.74) is 0. The monoisotopic (exact) mass is 221 g/mol. The topological polar surface area (TPSA) is 95.2 Å². The maximum atomic E-state index is 10.3. The molecule has 2 heterocycles. The van der Waals surface area contributed by atoms with Gasteiger partial charge in [0.2, 0.25) is 0 Å². The third-order valence-corrected chi connectivity index (χ3v) is 1.72. The van der Waals surface area contributed by atoms with Gasteiger partial charge in [-0.15, -0.1) is 0 Å². The molecule has 0 unspecified atom stereocenters. The van der Waals surface area contributed by atoms with Crippen molar-refractivity contribution in [2.45, 2.75) is 6.92 Å². The summed E-state index contributed by atoms with van der Waals surface area (Å²) in [5, 5.41) is 10.3. The number of aryl methyl sites for hydroxylation is 1. The first-order valence-electron chi connectivity index (χ1n) is 4.36. The number of rotatable bonds is 3. The van der Waals surface area contributed by atoms with E-state index in [2.05, 4.69) is 9.97 Å². The molecular weight excluding hydrogens is 214 g/mol. The van der Waals surface area contributed by atoms with Crippen LogP contribution in [0.4, 0.5) is 6.01 Å². The first-order chi connectivity index (χ1) is 7.65. The van der Waals surface area contributed by atoms with Gasteiger partial charge in [0, 0.05) is 11.8 Å². The summed E-state index contributed by atoms with van der Waals surface area (Å²) in [6.07, 6.45) is 5.90. The van der Waals surface area contributed by atoms with E-state index in [1.54, 1.807) is 13.0 Å². The molecule has 16 heavy (non-hydrogen) atoms. The summed E-state index contributed by atoms with van der Waals surface area (Å²) in [4.78, 5) is 16.9. The predicted molar refractivity (Wildman–Crippen MR) is 53.3 cm³/mol. The number of nitro groups is 1. The Morgan fingerprint density at radius 3 is 2.38 bits per heavy atom. The Morgan fingerprint density at radius 2 is 1.88 bits per heavy atom. The summed E-state index contributed by atoms with van der Waals surface area (Å²) in [6.45, 7) is 1.72. The second kappa shape index (κ2) is 3.97. The minimum absolute atomic E-state index is 0.278. The van der Waals surface area contributed by atoms with Gasteiger partial charge in [0.15, 0.2) is 17.8 Å². The van der Waals surface area contributed by atoms with Crippen molar-refractivity contribution in [2.75, 3.05) is 0 Å². The normalized spacial score (nSPS) is 11.1. The molecule has 2 aromatic rings. The van der Waals surface area contributed by atoms with Crippen molar-refractivity contribution in [3.63, 3.8) is 0 Å². The summed E-state index contributed by atoms with van der Waals surface area (Å²) >= 11 is 0. The second-order valence-corrected chi connectivity index (χ2v) is 2.92. The van der Waals surface area contributed by atoms with E-state index in [1.165, 1.54) is 18.5 Å². The van der Waals surface area contributed by atoms with Crippen LogP contribution < -0.4 is 0 Å². The number of hydrogen-bond acceptors (Lipinski definition) is 6. The Hall–Kier alpha value is -2.44. The molecule has 0 aliphatic rings. The lowest BCUT2D eigenvalue weighted by Crippen LogP contribution is -1.85. The minimum atomic E-state index is -0.698. The van der Waals surface area contributed by atoms with Gasteiger partial charge in [-0.25, -0.2) is 4.98 Å². The Balaban J connectivity index is 2.14. The van der Waals surface area contributed by atoms with Crippen molar-refractivity contribution in [1.82, 2.24) is 9.97 Å². The highest BCUT2D eigenvalue weighted by atomic mass is 16.7. The van der Waals surface area contributed by atoms with Gasteiger partial charge in [-0.3, -0.25) is 0 Å². The molecule has 0 saturated heterocycles. The molecule has 0 aliphatic carbocycles. The lowest BCUT2D eigenvalue weighted by atomic mass is 10.4. The summed E-state index contributed by atoms with van der Waals surface area (Å²) < 4.78 is 9.98. The molecule has 2 rings (SSSR count). The van der Waals surface area contributed by atoms with E-state index in [0.29, 0.717) is 11.7 Å². The zero-order valence-corrected chi connectivity index (χ0v) is 8.28. The average Bonchev–Trinajstić information content (AvgIpc) is 2.83. The van der Waals surface area contributed by atoms with Crippen LogP contribution in [0.1, 0.15) is 17.4 Å². The van der Waals surface area contributed by atoms with Gasteiger partial charge < -0.3 is 18.9 Å². The second-order valence-electron chi connectivity index (χ2n) is 2.92. The Morgan fingerprint density at radius 1 is 1.25 bits per heavy atom. The summed E-state index contributed by atoms with van der Waals surface area (Å²) in [5.74, 6) is 1.36. The van der Waals surface area contributed by atoms with Crippen molar-refractivity contribution >= 4 is 18.2 Å². The maximum Gasteiger partial charge on any atom is 0.546 e. The van der Waals surface area contributed by atoms with E-state index in [-0.39, 0.29) is 5.76 Å². The van der Waals surface area contributed by atoms with Gasteiger partial charge in [-0.2, -0.15) is 0 Å². The van der Waals surface area contributed by atoms with Crippen LogP contribution in [0.25, 0.3) is 12.2 Å². The third kappa shape index (κ3) is 2.14. The van der Waals surface area contributed by atoms with Gasteiger partial charge >= 0.3 is 6.01 Å². The van der Waals surface area contributed by atoms with Crippen LogP contribution in [0.3, 0.4) is 0 Å². The molecule has 7 nitrogen and oxygen atoms in total.